The van der Waals surface area contributed by atoms with Crippen LogP contribution in [0.3, 0.4) is 0 Å². The first-order chi connectivity index (χ1) is 6.25. The van der Waals surface area contributed by atoms with Gasteiger partial charge in [-0.2, -0.15) is 0 Å². The summed E-state index contributed by atoms with van der Waals surface area (Å²) in [6.07, 6.45) is 10.9. The molecule has 13 heavy (non-hydrogen) atoms. The van der Waals surface area contributed by atoms with Gasteiger partial charge in [-0.3, -0.25) is 4.79 Å². The van der Waals surface area contributed by atoms with Crippen molar-refractivity contribution in [3.63, 3.8) is 0 Å². The van der Waals surface area contributed by atoms with Gasteiger partial charge in [0.25, 0.3) is 0 Å². The lowest BCUT2D eigenvalue weighted by Gasteiger charge is -2.17. The molecule has 0 bridgehead atoms. The minimum absolute atomic E-state index is 0.196. The van der Waals surface area contributed by atoms with Gasteiger partial charge in [0.2, 0.25) is 0 Å². The van der Waals surface area contributed by atoms with Crippen LogP contribution in [0.2, 0.25) is 0 Å². The minimum atomic E-state index is -0.665. The fourth-order valence-corrected chi connectivity index (χ4v) is 2.16. The standard InChI is InChI=1S/C11H16O2/c1-2-3-8-10(11(12)13)9-6-4-5-7-9/h1,9-10H,3-8H2,(H,12,13). The van der Waals surface area contributed by atoms with E-state index in [1.807, 2.05) is 0 Å². The van der Waals surface area contributed by atoms with Crippen LogP contribution >= 0.6 is 0 Å². The molecule has 1 fully saturated rings. The third-order valence-corrected chi connectivity index (χ3v) is 2.89. The van der Waals surface area contributed by atoms with E-state index in [0.717, 1.165) is 12.8 Å². The molecule has 0 heterocycles. The molecule has 1 unspecified atom stereocenters. The quantitative estimate of drug-likeness (QED) is 0.674. The Morgan fingerprint density at radius 1 is 1.54 bits per heavy atom. The van der Waals surface area contributed by atoms with Crippen molar-refractivity contribution in [3.8, 4) is 12.3 Å². The lowest BCUT2D eigenvalue weighted by molar-refractivity contribution is -0.143. The molecule has 1 saturated carbocycles. The monoisotopic (exact) mass is 180 g/mol. The highest BCUT2D eigenvalue weighted by Crippen LogP contribution is 2.33. The van der Waals surface area contributed by atoms with Crippen LogP contribution in [0.1, 0.15) is 38.5 Å². The Morgan fingerprint density at radius 2 is 2.15 bits per heavy atom. The van der Waals surface area contributed by atoms with E-state index in [-0.39, 0.29) is 5.92 Å². The van der Waals surface area contributed by atoms with E-state index in [4.69, 9.17) is 11.5 Å². The molecular weight excluding hydrogens is 164 g/mol. The van der Waals surface area contributed by atoms with Crippen molar-refractivity contribution in [2.45, 2.75) is 38.5 Å². The van der Waals surface area contributed by atoms with Gasteiger partial charge in [0.05, 0.1) is 5.92 Å². The summed E-state index contributed by atoms with van der Waals surface area (Å²) in [5.41, 5.74) is 0. The summed E-state index contributed by atoms with van der Waals surface area (Å²) in [4.78, 5) is 10.9. The second-order valence-corrected chi connectivity index (χ2v) is 3.73. The van der Waals surface area contributed by atoms with Gasteiger partial charge in [-0.05, 0) is 25.2 Å². The van der Waals surface area contributed by atoms with Crippen molar-refractivity contribution in [2.75, 3.05) is 0 Å². The lowest BCUT2D eigenvalue weighted by Crippen LogP contribution is -2.21. The highest BCUT2D eigenvalue weighted by molar-refractivity contribution is 5.70. The van der Waals surface area contributed by atoms with Crippen molar-refractivity contribution >= 4 is 5.97 Å². The van der Waals surface area contributed by atoms with Crippen LogP contribution in [0.4, 0.5) is 0 Å². The fraction of sp³-hybridized carbons (Fsp3) is 0.727. The van der Waals surface area contributed by atoms with E-state index in [9.17, 15) is 4.79 Å². The predicted molar refractivity (Wildman–Crippen MR) is 51.2 cm³/mol. The van der Waals surface area contributed by atoms with E-state index in [1.54, 1.807) is 0 Å². The molecule has 0 spiro atoms. The summed E-state index contributed by atoms with van der Waals surface area (Å²) in [6.45, 7) is 0. The normalized spacial score (nSPS) is 19.6. The van der Waals surface area contributed by atoms with Crippen LogP contribution in [0.5, 0.6) is 0 Å². The maximum atomic E-state index is 10.9. The topological polar surface area (TPSA) is 37.3 Å². The van der Waals surface area contributed by atoms with Gasteiger partial charge in [-0.15, -0.1) is 12.3 Å². The van der Waals surface area contributed by atoms with Crippen LogP contribution in [0, 0.1) is 24.2 Å². The molecule has 1 rings (SSSR count). The third kappa shape index (κ3) is 2.77. The highest BCUT2D eigenvalue weighted by Gasteiger charge is 2.29. The average molecular weight is 180 g/mol. The van der Waals surface area contributed by atoms with Crippen LogP contribution in [0.15, 0.2) is 0 Å². The van der Waals surface area contributed by atoms with Crippen molar-refractivity contribution in [1.29, 1.82) is 0 Å². The molecule has 0 aliphatic heterocycles. The van der Waals surface area contributed by atoms with E-state index in [0.29, 0.717) is 18.8 Å². The Bertz CT molecular complexity index is 209. The summed E-state index contributed by atoms with van der Waals surface area (Å²) in [5.74, 6) is 2.03. The molecule has 1 N–H and O–H groups in total. The number of carbonyl (C=O) groups is 1. The zero-order chi connectivity index (χ0) is 9.68. The molecular formula is C11H16O2. The van der Waals surface area contributed by atoms with Crippen LogP contribution in [0.25, 0.3) is 0 Å². The summed E-state index contributed by atoms with van der Waals surface area (Å²) in [6, 6.07) is 0. The van der Waals surface area contributed by atoms with E-state index in [2.05, 4.69) is 5.92 Å². The summed E-state index contributed by atoms with van der Waals surface area (Å²) in [5, 5.41) is 8.99. The molecule has 1 aliphatic carbocycles. The van der Waals surface area contributed by atoms with Gasteiger partial charge in [0.1, 0.15) is 0 Å². The second-order valence-electron chi connectivity index (χ2n) is 3.73. The molecule has 72 valence electrons. The van der Waals surface area contributed by atoms with Crippen molar-refractivity contribution < 1.29 is 9.90 Å². The van der Waals surface area contributed by atoms with E-state index < -0.39 is 5.97 Å². The molecule has 2 nitrogen and oxygen atoms in total. The molecule has 1 aliphatic rings. The zero-order valence-corrected chi connectivity index (χ0v) is 7.83. The molecule has 0 amide bonds. The number of aliphatic carboxylic acids is 1. The molecule has 1 atom stereocenters. The number of carboxylic acid groups (broad SMARTS) is 1. The van der Waals surface area contributed by atoms with Crippen molar-refractivity contribution in [1.82, 2.24) is 0 Å². The number of rotatable bonds is 4. The van der Waals surface area contributed by atoms with Gasteiger partial charge in [0.15, 0.2) is 0 Å². The summed E-state index contributed by atoms with van der Waals surface area (Å²) >= 11 is 0. The first-order valence-electron chi connectivity index (χ1n) is 4.92. The Balaban J connectivity index is 2.46. The smallest absolute Gasteiger partial charge is 0.306 e. The SMILES string of the molecule is C#CCCC(C(=O)O)C1CCCC1. The Hall–Kier alpha value is -0.970. The van der Waals surface area contributed by atoms with E-state index in [1.165, 1.54) is 12.8 Å². The average Bonchev–Trinajstić information content (AvgIpc) is 2.57. The van der Waals surface area contributed by atoms with Crippen LogP contribution in [-0.2, 0) is 4.79 Å². The molecule has 0 aromatic carbocycles. The Morgan fingerprint density at radius 3 is 2.62 bits per heavy atom. The van der Waals surface area contributed by atoms with Gasteiger partial charge < -0.3 is 5.11 Å². The van der Waals surface area contributed by atoms with Crippen LogP contribution < -0.4 is 0 Å². The third-order valence-electron chi connectivity index (χ3n) is 2.89. The van der Waals surface area contributed by atoms with E-state index >= 15 is 0 Å². The second kappa shape index (κ2) is 4.91. The first-order valence-corrected chi connectivity index (χ1v) is 4.92. The largest absolute Gasteiger partial charge is 0.481 e. The van der Waals surface area contributed by atoms with Gasteiger partial charge in [0, 0.05) is 6.42 Å². The number of hydrogen-bond acceptors (Lipinski definition) is 1. The first kappa shape index (κ1) is 10.1. The van der Waals surface area contributed by atoms with Gasteiger partial charge in [-0.25, -0.2) is 0 Å². The zero-order valence-electron chi connectivity index (χ0n) is 7.83. The number of hydrogen-bond donors (Lipinski definition) is 1. The number of terminal acetylenes is 1. The van der Waals surface area contributed by atoms with Crippen molar-refractivity contribution in [2.24, 2.45) is 11.8 Å². The predicted octanol–water partition coefficient (Wildman–Crippen LogP) is 2.29. The highest BCUT2D eigenvalue weighted by atomic mass is 16.4. The van der Waals surface area contributed by atoms with Gasteiger partial charge in [-0.1, -0.05) is 12.8 Å². The van der Waals surface area contributed by atoms with Crippen molar-refractivity contribution in [3.05, 3.63) is 0 Å². The molecule has 0 aromatic heterocycles. The molecule has 2 heteroatoms. The Kier molecular flexibility index (Phi) is 3.82. The summed E-state index contributed by atoms with van der Waals surface area (Å²) < 4.78 is 0. The summed E-state index contributed by atoms with van der Waals surface area (Å²) in [7, 11) is 0. The van der Waals surface area contributed by atoms with Crippen LogP contribution in [-0.4, -0.2) is 11.1 Å². The molecule has 0 saturated heterocycles. The molecule has 0 radical (unpaired) electrons. The fourth-order valence-electron chi connectivity index (χ4n) is 2.16. The van der Waals surface area contributed by atoms with Gasteiger partial charge >= 0.3 is 5.97 Å². The minimum Gasteiger partial charge on any atom is -0.481 e. The maximum absolute atomic E-state index is 10.9. The maximum Gasteiger partial charge on any atom is 0.306 e. The lowest BCUT2D eigenvalue weighted by atomic mass is 9.87. The number of carboxylic acids is 1. The Labute approximate surface area is 79.3 Å². The molecule has 0 aromatic rings.